The number of carbonyl (C=O) groups is 2. The van der Waals surface area contributed by atoms with Crippen LogP contribution in [0.4, 0.5) is 25.5 Å². The number of nitrogens with zero attached hydrogens (tertiary/aromatic N) is 5. The van der Waals surface area contributed by atoms with Gasteiger partial charge in [0.05, 0.1) is 0 Å². The Morgan fingerprint density at radius 2 is 1.85 bits per heavy atom. The molecule has 11 heteroatoms. The van der Waals surface area contributed by atoms with E-state index in [2.05, 4.69) is 20.7 Å². The smallest absolute Gasteiger partial charge is 0.404 e. The van der Waals surface area contributed by atoms with Gasteiger partial charge in [-0.3, -0.25) is 9.91 Å². The lowest BCUT2D eigenvalue weighted by Gasteiger charge is -2.30. The van der Waals surface area contributed by atoms with Crippen LogP contribution in [0.3, 0.4) is 0 Å². The third-order valence-corrected chi connectivity index (χ3v) is 4.76. The second kappa shape index (κ2) is 13.6. The molecule has 0 aliphatic rings. The normalized spacial score (nSPS) is 10.4. The zero-order valence-corrected chi connectivity index (χ0v) is 19.4. The summed E-state index contributed by atoms with van der Waals surface area (Å²) >= 11 is 0. The van der Waals surface area contributed by atoms with Gasteiger partial charge in [0.2, 0.25) is 5.82 Å². The zero-order valence-electron chi connectivity index (χ0n) is 19.4. The van der Waals surface area contributed by atoms with Gasteiger partial charge in [0.1, 0.15) is 11.9 Å². The molecule has 0 saturated carbocycles. The summed E-state index contributed by atoms with van der Waals surface area (Å²) < 4.78 is 13.5. The topological polar surface area (TPSA) is 134 Å². The fraction of sp³-hybridized carbons (Fsp3) is 0.435. The fourth-order valence-electron chi connectivity index (χ4n) is 3.20. The van der Waals surface area contributed by atoms with Gasteiger partial charge < -0.3 is 10.4 Å². The van der Waals surface area contributed by atoms with Gasteiger partial charge in [-0.15, -0.1) is 0 Å². The molecule has 0 saturated heterocycles. The van der Waals surface area contributed by atoms with E-state index < -0.39 is 17.9 Å². The average molecular weight is 472 g/mol. The van der Waals surface area contributed by atoms with Gasteiger partial charge in [-0.1, -0.05) is 26.7 Å². The van der Waals surface area contributed by atoms with Crippen LogP contribution >= 0.6 is 0 Å². The maximum absolute atomic E-state index is 13.5. The Kier molecular flexibility index (Phi) is 10.5. The van der Waals surface area contributed by atoms with Gasteiger partial charge in [0.15, 0.2) is 5.82 Å². The molecule has 0 unspecified atom stereocenters. The predicted octanol–water partition coefficient (Wildman–Crippen LogP) is 3.91. The van der Waals surface area contributed by atoms with E-state index in [-0.39, 0.29) is 11.7 Å². The van der Waals surface area contributed by atoms with Gasteiger partial charge in [-0.25, -0.2) is 24.4 Å². The van der Waals surface area contributed by atoms with Crippen molar-refractivity contribution in [3.05, 3.63) is 48.2 Å². The number of aromatic nitrogens is 2. The number of rotatable bonds is 12. The molecule has 10 nitrogen and oxygen atoms in total. The molecule has 0 spiro atoms. The van der Waals surface area contributed by atoms with Crippen LogP contribution < -0.4 is 20.7 Å². The van der Waals surface area contributed by atoms with Crippen molar-refractivity contribution in [2.45, 2.75) is 39.5 Å². The molecule has 1 aromatic heterocycles. The maximum Gasteiger partial charge on any atom is 0.404 e. The Labute approximate surface area is 198 Å². The van der Waals surface area contributed by atoms with Gasteiger partial charge in [0.25, 0.3) is 0 Å². The van der Waals surface area contributed by atoms with Gasteiger partial charge >= 0.3 is 12.1 Å². The largest absolute Gasteiger partial charge is 0.465 e. The van der Waals surface area contributed by atoms with E-state index in [4.69, 9.17) is 10.4 Å². The molecule has 3 amide bonds. The van der Waals surface area contributed by atoms with Crippen LogP contribution in [0, 0.1) is 23.1 Å². The first-order valence-electron chi connectivity index (χ1n) is 11.1. The third kappa shape index (κ3) is 8.90. The Hall–Kier alpha value is -3.94. The zero-order chi connectivity index (χ0) is 24.9. The molecule has 2 aromatic rings. The van der Waals surface area contributed by atoms with Crippen molar-refractivity contribution >= 4 is 23.6 Å². The number of amides is 3. The summed E-state index contributed by atoms with van der Waals surface area (Å²) in [7, 11) is 0. The number of hydrogen-bond donors (Lipinski definition) is 3. The van der Waals surface area contributed by atoms with Crippen LogP contribution in [-0.2, 0) is 0 Å². The van der Waals surface area contributed by atoms with Crippen molar-refractivity contribution in [2.24, 2.45) is 5.92 Å². The van der Waals surface area contributed by atoms with Crippen LogP contribution in [0.15, 0.2) is 36.5 Å². The molecule has 0 fully saturated rings. The van der Waals surface area contributed by atoms with Crippen molar-refractivity contribution in [1.82, 2.24) is 20.7 Å². The number of anilines is 2. The molecular formula is C23H30FN7O3. The molecular weight excluding hydrogens is 441 g/mol. The SMILES string of the molecule is CC(C)CN(NC(=O)N(CCCCCCNC(=O)O)c1ccc(F)cc1)c1ccnc(C#N)n1. The molecule has 1 heterocycles. The summed E-state index contributed by atoms with van der Waals surface area (Å²) in [5.41, 5.74) is 3.39. The highest BCUT2D eigenvalue weighted by atomic mass is 19.1. The second-order valence-electron chi connectivity index (χ2n) is 8.05. The predicted molar refractivity (Wildman–Crippen MR) is 126 cm³/mol. The first-order chi connectivity index (χ1) is 16.3. The number of hydrogen-bond acceptors (Lipinski definition) is 6. The lowest BCUT2D eigenvalue weighted by atomic mass is 10.2. The van der Waals surface area contributed by atoms with Crippen molar-refractivity contribution in [2.75, 3.05) is 29.5 Å². The van der Waals surface area contributed by atoms with E-state index in [9.17, 15) is 14.0 Å². The molecule has 0 radical (unpaired) electrons. The number of nitrogens with one attached hydrogen (secondary N) is 2. The quantitative estimate of drug-likeness (QED) is 0.315. The summed E-state index contributed by atoms with van der Waals surface area (Å²) in [5, 5.41) is 21.6. The number of nitriles is 1. The molecule has 0 aliphatic heterocycles. The molecule has 0 atom stereocenters. The average Bonchev–Trinajstić information content (AvgIpc) is 2.80. The van der Waals surface area contributed by atoms with Crippen LogP contribution in [0.5, 0.6) is 0 Å². The fourth-order valence-corrected chi connectivity index (χ4v) is 3.20. The number of urea groups is 1. The molecule has 3 N–H and O–H groups in total. The van der Waals surface area contributed by atoms with Crippen molar-refractivity contribution in [1.29, 1.82) is 5.26 Å². The van der Waals surface area contributed by atoms with Crippen LogP contribution in [0.2, 0.25) is 0 Å². The van der Waals surface area contributed by atoms with E-state index >= 15 is 0 Å². The standard InChI is InChI=1S/C23H30FN7O3/c1-17(2)16-31(21-11-13-26-20(15-25)28-21)29-22(32)30(19-9-7-18(24)8-10-19)14-6-4-3-5-12-27-23(33)34/h7-11,13,17,27H,3-6,12,14,16H2,1-2H3,(H,29,32)(H,33,34). The van der Waals surface area contributed by atoms with Crippen molar-refractivity contribution < 1.29 is 19.1 Å². The highest BCUT2D eigenvalue weighted by Gasteiger charge is 2.20. The Morgan fingerprint density at radius 1 is 1.15 bits per heavy atom. The number of hydrazine groups is 1. The number of halogens is 1. The van der Waals surface area contributed by atoms with E-state index in [1.54, 1.807) is 11.1 Å². The summed E-state index contributed by atoms with van der Waals surface area (Å²) in [4.78, 5) is 33.4. The monoisotopic (exact) mass is 471 g/mol. The summed E-state index contributed by atoms with van der Waals surface area (Å²) in [6.07, 6.45) is 3.38. The van der Waals surface area contributed by atoms with E-state index in [0.29, 0.717) is 44.0 Å². The highest BCUT2D eigenvalue weighted by molar-refractivity contribution is 5.92. The molecule has 182 valence electrons. The van der Waals surface area contributed by atoms with E-state index in [1.807, 2.05) is 19.9 Å². The maximum atomic E-state index is 13.5. The summed E-state index contributed by atoms with van der Waals surface area (Å²) in [5.74, 6) is 0.160. The molecule has 1 aromatic carbocycles. The lowest BCUT2D eigenvalue weighted by Crippen LogP contribution is -2.51. The summed E-state index contributed by atoms with van der Waals surface area (Å²) in [6, 6.07) is 8.75. The highest BCUT2D eigenvalue weighted by Crippen LogP contribution is 2.18. The molecule has 0 aliphatic carbocycles. The number of carboxylic acid groups (broad SMARTS) is 1. The Bertz CT molecular complexity index is 979. The van der Waals surface area contributed by atoms with Crippen molar-refractivity contribution in [3.63, 3.8) is 0 Å². The first-order valence-corrected chi connectivity index (χ1v) is 11.1. The number of unbranched alkanes of at least 4 members (excludes halogenated alkanes) is 3. The van der Waals surface area contributed by atoms with Gasteiger partial charge in [-0.2, -0.15) is 10.2 Å². The number of benzene rings is 1. The summed E-state index contributed by atoms with van der Waals surface area (Å²) in [6.45, 7) is 5.18. The lowest BCUT2D eigenvalue weighted by molar-refractivity contribution is 0.194. The molecule has 2 rings (SSSR count). The number of carbonyl (C=O) groups excluding carboxylic acids is 1. The minimum absolute atomic E-state index is 0.00622. The van der Waals surface area contributed by atoms with Crippen LogP contribution in [0.1, 0.15) is 45.4 Å². The Balaban J connectivity index is 2.11. The van der Waals surface area contributed by atoms with Crippen LogP contribution in [-0.4, -0.2) is 46.8 Å². The second-order valence-corrected chi connectivity index (χ2v) is 8.05. The minimum atomic E-state index is -1.05. The molecule has 34 heavy (non-hydrogen) atoms. The Morgan fingerprint density at radius 3 is 2.50 bits per heavy atom. The first kappa shape index (κ1) is 26.3. The van der Waals surface area contributed by atoms with Gasteiger partial charge in [0, 0.05) is 37.6 Å². The minimum Gasteiger partial charge on any atom is -0.465 e. The van der Waals surface area contributed by atoms with Gasteiger partial charge in [-0.05, 0) is 43.0 Å². The van der Waals surface area contributed by atoms with Crippen molar-refractivity contribution in [3.8, 4) is 6.07 Å². The van der Waals surface area contributed by atoms with E-state index in [1.165, 1.54) is 35.4 Å². The van der Waals surface area contributed by atoms with E-state index in [0.717, 1.165) is 12.8 Å². The third-order valence-electron chi connectivity index (χ3n) is 4.76. The molecule has 0 bridgehead atoms. The van der Waals surface area contributed by atoms with Crippen LogP contribution in [0.25, 0.3) is 0 Å².